The molecule has 1 aromatic carbocycles. The summed E-state index contributed by atoms with van der Waals surface area (Å²) in [5, 5.41) is 11.4. The molecule has 0 unspecified atom stereocenters. The summed E-state index contributed by atoms with van der Waals surface area (Å²) >= 11 is 0. The second-order valence-corrected chi connectivity index (χ2v) is 3.86. The van der Waals surface area contributed by atoms with Crippen LogP contribution in [0.5, 0.6) is 0 Å². The zero-order valence-electron chi connectivity index (χ0n) is 10.5. The largest absolute Gasteiger partial charge is 0.341 e. The second-order valence-electron chi connectivity index (χ2n) is 3.86. The van der Waals surface area contributed by atoms with Crippen molar-refractivity contribution in [2.75, 3.05) is 11.9 Å². The number of aromatic nitrogens is 2. The van der Waals surface area contributed by atoms with E-state index in [4.69, 9.17) is 6.42 Å². The number of para-hydroxylation sites is 1. The van der Waals surface area contributed by atoms with Crippen LogP contribution in [0, 0.1) is 12.3 Å². The van der Waals surface area contributed by atoms with E-state index in [-0.39, 0.29) is 18.4 Å². The summed E-state index contributed by atoms with van der Waals surface area (Å²) in [7, 11) is 0. The predicted molar refractivity (Wildman–Crippen MR) is 74.1 cm³/mol. The molecule has 0 aliphatic heterocycles. The van der Waals surface area contributed by atoms with Gasteiger partial charge in [-0.25, -0.2) is 0 Å². The SMILES string of the molecule is C#CCNC(=O)c1ccccc1NC(=O)c1ccn[nH]1. The molecule has 2 aromatic rings. The minimum atomic E-state index is -0.375. The highest BCUT2D eigenvalue weighted by molar-refractivity contribution is 6.08. The molecule has 2 rings (SSSR count). The fourth-order valence-corrected chi connectivity index (χ4v) is 1.59. The Kier molecular flexibility index (Phi) is 4.14. The van der Waals surface area contributed by atoms with Crippen LogP contribution < -0.4 is 10.6 Å². The molecule has 1 aromatic heterocycles. The summed E-state index contributed by atoms with van der Waals surface area (Å²) in [5.74, 6) is 1.60. The maximum atomic E-state index is 11.9. The van der Waals surface area contributed by atoms with E-state index in [0.717, 1.165) is 0 Å². The topological polar surface area (TPSA) is 86.9 Å². The lowest BCUT2D eigenvalue weighted by molar-refractivity contribution is 0.0959. The van der Waals surface area contributed by atoms with Gasteiger partial charge in [0, 0.05) is 6.20 Å². The summed E-state index contributed by atoms with van der Waals surface area (Å²) in [6.07, 6.45) is 6.56. The Morgan fingerprint density at radius 3 is 2.75 bits per heavy atom. The third-order valence-corrected chi connectivity index (χ3v) is 2.52. The van der Waals surface area contributed by atoms with Crippen LogP contribution in [0.25, 0.3) is 0 Å². The number of hydrogen-bond donors (Lipinski definition) is 3. The van der Waals surface area contributed by atoms with Crippen LogP contribution in [0.1, 0.15) is 20.8 Å². The standard InChI is InChI=1S/C14H12N4O2/c1-2-8-15-13(19)10-5-3-4-6-11(10)17-14(20)12-7-9-16-18-12/h1,3-7,9H,8H2,(H,15,19)(H,16,18)(H,17,20). The van der Waals surface area contributed by atoms with Crippen LogP contribution >= 0.6 is 0 Å². The van der Waals surface area contributed by atoms with Crippen LogP contribution in [0.15, 0.2) is 36.5 Å². The summed E-state index contributed by atoms with van der Waals surface area (Å²) in [6.45, 7) is 0.127. The van der Waals surface area contributed by atoms with Gasteiger partial charge in [-0.15, -0.1) is 6.42 Å². The van der Waals surface area contributed by atoms with Gasteiger partial charge in [0.05, 0.1) is 17.8 Å². The lowest BCUT2D eigenvalue weighted by Crippen LogP contribution is -2.25. The Hall–Kier alpha value is -3.07. The van der Waals surface area contributed by atoms with E-state index in [9.17, 15) is 9.59 Å². The lowest BCUT2D eigenvalue weighted by atomic mass is 10.1. The van der Waals surface area contributed by atoms with Crippen molar-refractivity contribution in [3.05, 3.63) is 47.8 Å². The molecule has 6 nitrogen and oxygen atoms in total. The maximum absolute atomic E-state index is 11.9. The van der Waals surface area contributed by atoms with Gasteiger partial charge in [0.1, 0.15) is 5.69 Å². The first kappa shape index (κ1) is 13.4. The Labute approximate surface area is 115 Å². The Balaban J connectivity index is 2.18. The molecule has 1 heterocycles. The van der Waals surface area contributed by atoms with Gasteiger partial charge in [0.2, 0.25) is 0 Å². The first-order chi connectivity index (χ1) is 9.72. The van der Waals surface area contributed by atoms with E-state index in [2.05, 4.69) is 26.8 Å². The number of terminal acetylenes is 1. The van der Waals surface area contributed by atoms with Crippen molar-refractivity contribution in [2.24, 2.45) is 0 Å². The summed E-state index contributed by atoms with van der Waals surface area (Å²) in [5.41, 5.74) is 1.06. The van der Waals surface area contributed by atoms with Crippen molar-refractivity contribution < 1.29 is 9.59 Å². The molecule has 6 heteroatoms. The van der Waals surface area contributed by atoms with Crippen molar-refractivity contribution in [2.45, 2.75) is 0 Å². The molecular formula is C14H12N4O2. The molecule has 0 radical (unpaired) electrons. The Bertz CT molecular complexity index is 656. The maximum Gasteiger partial charge on any atom is 0.273 e. The number of nitrogens with one attached hydrogen (secondary N) is 3. The highest BCUT2D eigenvalue weighted by Gasteiger charge is 2.13. The van der Waals surface area contributed by atoms with Crippen LogP contribution in [0.4, 0.5) is 5.69 Å². The molecule has 100 valence electrons. The monoisotopic (exact) mass is 268 g/mol. The first-order valence-corrected chi connectivity index (χ1v) is 5.84. The van der Waals surface area contributed by atoms with Gasteiger partial charge in [-0.1, -0.05) is 18.1 Å². The molecular weight excluding hydrogens is 256 g/mol. The van der Waals surface area contributed by atoms with Gasteiger partial charge < -0.3 is 10.6 Å². The highest BCUT2D eigenvalue weighted by Crippen LogP contribution is 2.15. The van der Waals surface area contributed by atoms with Crippen LogP contribution in [-0.4, -0.2) is 28.6 Å². The van der Waals surface area contributed by atoms with Crippen LogP contribution in [0.3, 0.4) is 0 Å². The fourth-order valence-electron chi connectivity index (χ4n) is 1.59. The predicted octanol–water partition coefficient (Wildman–Crippen LogP) is 1.03. The zero-order valence-corrected chi connectivity index (χ0v) is 10.5. The molecule has 0 saturated heterocycles. The summed E-state index contributed by atoms with van der Waals surface area (Å²) in [4.78, 5) is 23.8. The van der Waals surface area contributed by atoms with Gasteiger partial charge in [-0.2, -0.15) is 5.10 Å². The van der Waals surface area contributed by atoms with Crippen molar-refractivity contribution in [1.82, 2.24) is 15.5 Å². The van der Waals surface area contributed by atoms with Gasteiger partial charge in [-0.3, -0.25) is 14.7 Å². The number of anilines is 1. The smallest absolute Gasteiger partial charge is 0.273 e. The van der Waals surface area contributed by atoms with E-state index in [1.165, 1.54) is 12.3 Å². The van der Waals surface area contributed by atoms with Gasteiger partial charge in [-0.05, 0) is 18.2 Å². The number of H-pyrrole nitrogens is 1. The lowest BCUT2D eigenvalue weighted by Gasteiger charge is -2.09. The van der Waals surface area contributed by atoms with Crippen LogP contribution in [-0.2, 0) is 0 Å². The number of benzene rings is 1. The molecule has 0 atom stereocenters. The fraction of sp³-hybridized carbons (Fsp3) is 0.0714. The van der Waals surface area contributed by atoms with Crippen molar-refractivity contribution in [3.63, 3.8) is 0 Å². The number of amides is 2. The van der Waals surface area contributed by atoms with E-state index in [1.807, 2.05) is 0 Å². The zero-order chi connectivity index (χ0) is 14.4. The summed E-state index contributed by atoms with van der Waals surface area (Å²) in [6, 6.07) is 8.21. The van der Waals surface area contributed by atoms with E-state index >= 15 is 0 Å². The Morgan fingerprint density at radius 2 is 2.05 bits per heavy atom. The van der Waals surface area contributed by atoms with Crippen LogP contribution in [0.2, 0.25) is 0 Å². The third-order valence-electron chi connectivity index (χ3n) is 2.52. The number of nitrogens with zero attached hydrogens (tertiary/aromatic N) is 1. The molecule has 0 aliphatic carbocycles. The first-order valence-electron chi connectivity index (χ1n) is 5.84. The van der Waals surface area contributed by atoms with E-state index < -0.39 is 0 Å². The molecule has 2 amide bonds. The van der Waals surface area contributed by atoms with Crippen molar-refractivity contribution in [1.29, 1.82) is 0 Å². The van der Waals surface area contributed by atoms with Crippen molar-refractivity contribution in [3.8, 4) is 12.3 Å². The number of hydrogen-bond acceptors (Lipinski definition) is 3. The average Bonchev–Trinajstić information content (AvgIpc) is 2.99. The molecule has 0 aliphatic rings. The molecule has 0 saturated carbocycles. The van der Waals surface area contributed by atoms with Gasteiger partial charge in [0.15, 0.2) is 0 Å². The normalized spacial score (nSPS) is 9.55. The van der Waals surface area contributed by atoms with Crippen molar-refractivity contribution >= 4 is 17.5 Å². The van der Waals surface area contributed by atoms with E-state index in [0.29, 0.717) is 16.9 Å². The second kappa shape index (κ2) is 6.20. The number of carbonyl (C=O) groups excluding carboxylic acids is 2. The highest BCUT2D eigenvalue weighted by atomic mass is 16.2. The summed E-state index contributed by atoms with van der Waals surface area (Å²) < 4.78 is 0. The number of rotatable bonds is 4. The molecule has 0 bridgehead atoms. The van der Waals surface area contributed by atoms with E-state index in [1.54, 1.807) is 24.3 Å². The van der Waals surface area contributed by atoms with Gasteiger partial charge in [0.25, 0.3) is 11.8 Å². The molecule has 20 heavy (non-hydrogen) atoms. The molecule has 3 N–H and O–H groups in total. The number of aromatic amines is 1. The third kappa shape index (κ3) is 3.03. The number of carbonyl (C=O) groups is 2. The molecule has 0 fully saturated rings. The average molecular weight is 268 g/mol. The quantitative estimate of drug-likeness (QED) is 0.724. The minimum absolute atomic E-state index is 0.127. The molecule has 0 spiro atoms. The Morgan fingerprint density at radius 1 is 1.25 bits per heavy atom. The van der Waals surface area contributed by atoms with Gasteiger partial charge >= 0.3 is 0 Å². The minimum Gasteiger partial charge on any atom is -0.341 e.